The van der Waals surface area contributed by atoms with E-state index in [1.807, 2.05) is 93.3 Å². The van der Waals surface area contributed by atoms with Gasteiger partial charge < -0.3 is 29.9 Å². The fourth-order valence-corrected chi connectivity index (χ4v) is 6.50. The van der Waals surface area contributed by atoms with Crippen LogP contribution in [0.1, 0.15) is 81.2 Å². The first-order chi connectivity index (χ1) is 21.1. The van der Waals surface area contributed by atoms with Crippen LogP contribution in [0.5, 0.6) is 0 Å². The number of carbonyl (C=O) groups excluding carboxylic acids is 2. The second-order valence-corrected chi connectivity index (χ2v) is 13.2. The van der Waals surface area contributed by atoms with Crippen LogP contribution in [0.15, 0.2) is 60.7 Å². The summed E-state index contributed by atoms with van der Waals surface area (Å²) in [6, 6.07) is 19.6. The topological polar surface area (TPSA) is 111 Å². The molecular formula is C35H47N5O4. The molecule has 9 nitrogen and oxygen atoms in total. The van der Waals surface area contributed by atoms with Gasteiger partial charge in [-0.05, 0) is 52.1 Å². The van der Waals surface area contributed by atoms with Crippen molar-refractivity contribution in [2.45, 2.75) is 83.0 Å². The average molecular weight is 602 g/mol. The summed E-state index contributed by atoms with van der Waals surface area (Å²) < 4.78 is 5.69. The molecule has 3 aromatic rings. The number of aliphatic hydroxyl groups is 1. The van der Waals surface area contributed by atoms with Gasteiger partial charge in [-0.1, -0.05) is 80.4 Å². The Hall–Kier alpha value is -3.69. The van der Waals surface area contributed by atoms with Gasteiger partial charge in [-0.3, -0.25) is 4.79 Å². The van der Waals surface area contributed by atoms with Crippen LogP contribution < -0.4 is 5.32 Å². The molecule has 1 aliphatic heterocycles. The second kappa shape index (κ2) is 13.5. The lowest BCUT2D eigenvalue weighted by molar-refractivity contribution is -0.0178. The van der Waals surface area contributed by atoms with Gasteiger partial charge in [-0.25, -0.2) is 9.78 Å². The highest BCUT2D eigenvalue weighted by molar-refractivity contribution is 5.98. The Morgan fingerprint density at radius 2 is 1.77 bits per heavy atom. The highest BCUT2D eigenvalue weighted by Gasteiger charge is 2.43. The first kappa shape index (κ1) is 31.7. The Kier molecular flexibility index (Phi) is 9.75. The Bertz CT molecular complexity index is 1400. The van der Waals surface area contributed by atoms with Gasteiger partial charge in [0, 0.05) is 37.7 Å². The smallest absolute Gasteiger partial charge is 0.410 e. The molecule has 9 heteroatoms. The van der Waals surface area contributed by atoms with Crippen molar-refractivity contribution < 1.29 is 19.4 Å². The number of hydrogen-bond acceptors (Lipinski definition) is 6. The molecule has 5 rings (SSSR count). The third-order valence-electron chi connectivity index (χ3n) is 8.71. The molecule has 0 bridgehead atoms. The molecule has 1 aromatic heterocycles. The van der Waals surface area contributed by atoms with Crippen molar-refractivity contribution in [2.75, 3.05) is 32.7 Å². The fourth-order valence-electron chi connectivity index (χ4n) is 6.50. The summed E-state index contributed by atoms with van der Waals surface area (Å²) in [5, 5.41) is 15.1. The van der Waals surface area contributed by atoms with Crippen LogP contribution in [0.4, 0.5) is 4.79 Å². The average Bonchev–Trinajstić information content (AvgIpc) is 3.45. The van der Waals surface area contributed by atoms with Crippen LogP contribution in [0.2, 0.25) is 0 Å². The van der Waals surface area contributed by atoms with E-state index in [1.54, 1.807) is 4.90 Å². The summed E-state index contributed by atoms with van der Waals surface area (Å²) in [6.07, 6.45) is 3.65. The first-order valence-electron chi connectivity index (χ1n) is 16.0. The number of aromatic nitrogens is 2. The quantitative estimate of drug-likeness (QED) is 0.320. The van der Waals surface area contributed by atoms with Crippen LogP contribution in [-0.4, -0.2) is 86.8 Å². The van der Waals surface area contributed by atoms with E-state index < -0.39 is 11.2 Å². The lowest BCUT2D eigenvalue weighted by Gasteiger charge is -2.41. The molecule has 0 radical (unpaired) electrons. The van der Waals surface area contributed by atoms with Crippen molar-refractivity contribution in [1.82, 2.24) is 25.1 Å². The lowest BCUT2D eigenvalue weighted by Crippen LogP contribution is -2.58. The molecule has 0 spiro atoms. The number of ether oxygens (including phenoxy) is 1. The van der Waals surface area contributed by atoms with E-state index >= 15 is 0 Å². The van der Waals surface area contributed by atoms with Crippen LogP contribution in [-0.2, 0) is 11.2 Å². The van der Waals surface area contributed by atoms with Crippen molar-refractivity contribution in [2.24, 2.45) is 0 Å². The number of carbonyl (C=O) groups is 2. The van der Waals surface area contributed by atoms with Crippen LogP contribution in [0, 0.1) is 0 Å². The van der Waals surface area contributed by atoms with E-state index in [4.69, 9.17) is 9.72 Å². The van der Waals surface area contributed by atoms with Gasteiger partial charge in [0.25, 0.3) is 5.91 Å². The van der Waals surface area contributed by atoms with Crippen LogP contribution in [0.3, 0.4) is 0 Å². The Morgan fingerprint density at radius 1 is 1.07 bits per heavy atom. The Labute approximate surface area is 261 Å². The fraction of sp³-hybridized carbons (Fsp3) is 0.514. The molecule has 2 unspecified atom stereocenters. The van der Waals surface area contributed by atoms with Crippen molar-refractivity contribution >= 4 is 12.0 Å². The van der Waals surface area contributed by atoms with Gasteiger partial charge in [0.2, 0.25) is 0 Å². The number of H-pyrrole nitrogens is 1. The molecule has 2 aliphatic rings. The predicted molar refractivity (Wildman–Crippen MR) is 172 cm³/mol. The van der Waals surface area contributed by atoms with Gasteiger partial charge in [0.1, 0.15) is 11.4 Å². The standard InChI is InChI=1S/C35H47N5O4/c1-5-36-24-35(43)19-13-12-18-28(35)31-37-29(26-16-10-7-11-17-26)30(38-31)32(41)40-21-20-39(33(42)44-34(2,3)4)23-27(40)22-25-14-8-6-9-15-25/h6-11,14-17,27-28,36,43H,5,12-13,18-24H2,1-4H3,(H,37,38)/t27-,28?,35?/m1/s1. The zero-order valence-corrected chi connectivity index (χ0v) is 26.5. The minimum Gasteiger partial charge on any atom is -0.444 e. The molecule has 1 saturated heterocycles. The van der Waals surface area contributed by atoms with Crippen LogP contribution in [0.25, 0.3) is 11.3 Å². The molecule has 3 atom stereocenters. The molecule has 44 heavy (non-hydrogen) atoms. The number of amides is 2. The van der Waals surface area contributed by atoms with E-state index in [0.29, 0.717) is 56.2 Å². The zero-order chi connectivity index (χ0) is 31.3. The van der Waals surface area contributed by atoms with Crippen molar-refractivity contribution in [3.8, 4) is 11.3 Å². The monoisotopic (exact) mass is 601 g/mol. The summed E-state index contributed by atoms with van der Waals surface area (Å²) in [6.45, 7) is 9.95. The summed E-state index contributed by atoms with van der Waals surface area (Å²) in [7, 11) is 0. The van der Waals surface area contributed by atoms with Crippen molar-refractivity contribution in [1.29, 1.82) is 0 Å². The van der Waals surface area contributed by atoms with E-state index in [-0.39, 0.29) is 24.0 Å². The Morgan fingerprint density at radius 3 is 2.45 bits per heavy atom. The minimum absolute atomic E-state index is 0.179. The van der Waals surface area contributed by atoms with Gasteiger partial charge in [0.05, 0.1) is 17.3 Å². The minimum atomic E-state index is -0.949. The molecule has 3 N–H and O–H groups in total. The van der Waals surface area contributed by atoms with Gasteiger partial charge in [-0.15, -0.1) is 0 Å². The maximum absolute atomic E-state index is 14.6. The van der Waals surface area contributed by atoms with Crippen molar-refractivity contribution in [3.63, 3.8) is 0 Å². The molecule has 2 aromatic carbocycles. The third-order valence-corrected chi connectivity index (χ3v) is 8.71. The predicted octanol–water partition coefficient (Wildman–Crippen LogP) is 5.38. The van der Waals surface area contributed by atoms with E-state index in [9.17, 15) is 14.7 Å². The SMILES string of the molecule is CCNCC1(O)CCCCC1c1nc(C(=O)N2CCN(C(=O)OC(C)(C)C)C[C@H]2Cc2ccccc2)c(-c2ccccc2)[nH]1. The number of piperazine rings is 1. The number of nitrogens with zero attached hydrogens (tertiary/aromatic N) is 3. The maximum Gasteiger partial charge on any atom is 0.410 e. The number of rotatable bonds is 8. The summed E-state index contributed by atoms with van der Waals surface area (Å²) >= 11 is 0. The van der Waals surface area contributed by atoms with E-state index in [1.165, 1.54) is 0 Å². The van der Waals surface area contributed by atoms with E-state index in [0.717, 1.165) is 36.9 Å². The number of likely N-dealkylation sites (N-methyl/N-ethyl adjacent to an activating group) is 1. The normalized spacial score (nSPS) is 22.6. The molecule has 2 heterocycles. The van der Waals surface area contributed by atoms with Gasteiger partial charge >= 0.3 is 6.09 Å². The maximum atomic E-state index is 14.6. The Balaban J connectivity index is 1.50. The highest BCUT2D eigenvalue weighted by atomic mass is 16.6. The lowest BCUT2D eigenvalue weighted by atomic mass is 9.74. The van der Waals surface area contributed by atoms with Crippen LogP contribution >= 0.6 is 0 Å². The molecular weight excluding hydrogens is 554 g/mol. The van der Waals surface area contributed by atoms with Gasteiger partial charge in [-0.2, -0.15) is 0 Å². The van der Waals surface area contributed by atoms with E-state index in [2.05, 4.69) is 10.3 Å². The molecule has 2 amide bonds. The molecule has 1 saturated carbocycles. The number of hydrogen-bond donors (Lipinski definition) is 3. The molecule has 236 valence electrons. The summed E-state index contributed by atoms with van der Waals surface area (Å²) in [4.78, 5) is 39.7. The number of nitrogens with one attached hydrogen (secondary N) is 2. The molecule has 1 aliphatic carbocycles. The zero-order valence-electron chi connectivity index (χ0n) is 26.5. The number of imidazole rings is 1. The number of benzene rings is 2. The highest BCUT2D eigenvalue weighted by Crippen LogP contribution is 2.41. The van der Waals surface area contributed by atoms with Gasteiger partial charge in [0.15, 0.2) is 5.69 Å². The first-order valence-corrected chi connectivity index (χ1v) is 16.0. The third kappa shape index (κ3) is 7.33. The molecule has 2 fully saturated rings. The summed E-state index contributed by atoms with van der Waals surface area (Å²) in [5.74, 6) is 0.255. The largest absolute Gasteiger partial charge is 0.444 e. The second-order valence-electron chi connectivity index (χ2n) is 13.2. The summed E-state index contributed by atoms with van der Waals surface area (Å²) in [5.41, 5.74) is 1.41. The number of aromatic amines is 1. The van der Waals surface area contributed by atoms with Crippen molar-refractivity contribution in [3.05, 3.63) is 77.7 Å².